The average Bonchev–Trinajstić information content (AvgIpc) is 2.99. The minimum Gasteiger partial charge on any atom is -0.339 e. The fraction of sp³-hybridized carbons (Fsp3) is 0.353. The van der Waals surface area contributed by atoms with E-state index in [9.17, 15) is 4.39 Å². The highest BCUT2D eigenvalue weighted by Gasteiger charge is 2.20. The number of nitrogens with one attached hydrogen (secondary N) is 1. The number of likely N-dealkylation sites (N-methyl/N-ethyl adjacent to an activating group) is 1. The van der Waals surface area contributed by atoms with Crippen molar-refractivity contribution in [3.8, 4) is 0 Å². The Morgan fingerprint density at radius 3 is 2.44 bits per heavy atom. The van der Waals surface area contributed by atoms with Gasteiger partial charge >= 0.3 is 0 Å². The van der Waals surface area contributed by atoms with E-state index in [1.165, 1.54) is 12.1 Å². The van der Waals surface area contributed by atoms with Crippen LogP contribution < -0.4 is 10.2 Å². The number of aromatic nitrogens is 4. The van der Waals surface area contributed by atoms with Crippen LogP contribution in [0.1, 0.15) is 0 Å². The molecule has 0 unspecified atom stereocenters. The number of nitrogens with zero attached hydrogens (tertiary/aromatic N) is 6. The Hall–Kier alpha value is -2.74. The standard InChI is InChI=1S/C17H20FN7/c1-23-7-9-25(10-8-23)17-21-15(14-11-19-24(2)16(14)22-17)20-13-5-3-12(18)4-6-13/h3-6,11H,7-10H2,1-2H3,(H,20,21,22). The van der Waals surface area contributed by atoms with Crippen LogP contribution in [0.2, 0.25) is 0 Å². The van der Waals surface area contributed by atoms with Crippen LogP contribution in [-0.4, -0.2) is 57.9 Å². The second-order valence-electron chi connectivity index (χ2n) is 6.30. The first-order valence-electron chi connectivity index (χ1n) is 8.26. The molecule has 0 aliphatic carbocycles. The van der Waals surface area contributed by atoms with E-state index in [1.54, 1.807) is 23.0 Å². The maximum Gasteiger partial charge on any atom is 0.229 e. The fourth-order valence-electron chi connectivity index (χ4n) is 2.92. The van der Waals surface area contributed by atoms with E-state index >= 15 is 0 Å². The molecule has 0 saturated carbocycles. The zero-order valence-electron chi connectivity index (χ0n) is 14.3. The molecule has 1 saturated heterocycles. The second-order valence-corrected chi connectivity index (χ2v) is 6.30. The Balaban J connectivity index is 1.72. The normalized spacial score (nSPS) is 15.7. The van der Waals surface area contributed by atoms with Crippen molar-refractivity contribution >= 4 is 28.5 Å². The van der Waals surface area contributed by atoms with Gasteiger partial charge in [-0.2, -0.15) is 15.1 Å². The van der Waals surface area contributed by atoms with Crippen molar-refractivity contribution in [2.45, 2.75) is 0 Å². The number of halogens is 1. The van der Waals surface area contributed by atoms with Gasteiger partial charge in [-0.25, -0.2) is 4.39 Å². The molecule has 1 aromatic carbocycles. The van der Waals surface area contributed by atoms with Gasteiger partial charge in [0, 0.05) is 38.9 Å². The molecule has 0 spiro atoms. The summed E-state index contributed by atoms with van der Waals surface area (Å²) in [6.45, 7) is 3.73. The number of anilines is 3. The molecule has 1 fully saturated rings. The van der Waals surface area contributed by atoms with Crippen molar-refractivity contribution < 1.29 is 4.39 Å². The largest absolute Gasteiger partial charge is 0.339 e. The molecular formula is C17H20FN7. The molecule has 3 heterocycles. The SMILES string of the molecule is CN1CCN(c2nc(Nc3ccc(F)cc3)c3cnn(C)c3n2)CC1. The number of aryl methyl sites for hydroxylation is 1. The van der Waals surface area contributed by atoms with Crippen LogP contribution in [0, 0.1) is 5.82 Å². The van der Waals surface area contributed by atoms with Crippen molar-refractivity contribution in [2.24, 2.45) is 7.05 Å². The molecule has 130 valence electrons. The molecule has 4 rings (SSSR count). The number of fused-ring (bicyclic) bond motifs is 1. The van der Waals surface area contributed by atoms with Crippen molar-refractivity contribution in [3.63, 3.8) is 0 Å². The molecule has 8 heteroatoms. The molecule has 7 nitrogen and oxygen atoms in total. The van der Waals surface area contributed by atoms with Crippen LogP contribution in [0.25, 0.3) is 11.0 Å². The summed E-state index contributed by atoms with van der Waals surface area (Å²) >= 11 is 0. The zero-order valence-corrected chi connectivity index (χ0v) is 14.3. The monoisotopic (exact) mass is 341 g/mol. The Labute approximate surface area is 145 Å². The van der Waals surface area contributed by atoms with Crippen LogP contribution >= 0.6 is 0 Å². The fourth-order valence-corrected chi connectivity index (χ4v) is 2.92. The third kappa shape index (κ3) is 3.12. The van der Waals surface area contributed by atoms with E-state index in [2.05, 4.69) is 27.3 Å². The van der Waals surface area contributed by atoms with Gasteiger partial charge < -0.3 is 15.1 Å². The van der Waals surface area contributed by atoms with Crippen LogP contribution in [0.5, 0.6) is 0 Å². The van der Waals surface area contributed by atoms with E-state index < -0.39 is 0 Å². The van der Waals surface area contributed by atoms with Gasteiger partial charge in [0.1, 0.15) is 11.6 Å². The quantitative estimate of drug-likeness (QED) is 0.786. The van der Waals surface area contributed by atoms with Gasteiger partial charge in [-0.3, -0.25) is 4.68 Å². The van der Waals surface area contributed by atoms with Crippen LogP contribution in [0.4, 0.5) is 21.8 Å². The molecule has 1 aliphatic rings. The Morgan fingerprint density at radius 2 is 1.72 bits per heavy atom. The van der Waals surface area contributed by atoms with Crippen LogP contribution in [-0.2, 0) is 7.05 Å². The van der Waals surface area contributed by atoms with E-state index in [0.717, 1.165) is 42.9 Å². The molecule has 2 aromatic heterocycles. The summed E-state index contributed by atoms with van der Waals surface area (Å²) in [6.07, 6.45) is 1.74. The van der Waals surface area contributed by atoms with Crippen molar-refractivity contribution in [2.75, 3.05) is 43.4 Å². The summed E-state index contributed by atoms with van der Waals surface area (Å²) in [5, 5.41) is 8.40. The highest BCUT2D eigenvalue weighted by atomic mass is 19.1. The first kappa shape index (κ1) is 15.8. The van der Waals surface area contributed by atoms with Gasteiger partial charge in [0.25, 0.3) is 0 Å². The maximum absolute atomic E-state index is 13.1. The number of hydrogen-bond acceptors (Lipinski definition) is 6. The molecule has 25 heavy (non-hydrogen) atoms. The third-order valence-electron chi connectivity index (χ3n) is 4.47. The minimum atomic E-state index is -0.266. The maximum atomic E-state index is 13.1. The van der Waals surface area contributed by atoms with Gasteiger partial charge in [0.15, 0.2) is 5.65 Å². The Bertz CT molecular complexity index is 882. The summed E-state index contributed by atoms with van der Waals surface area (Å²) in [5.74, 6) is 1.10. The first-order valence-corrected chi connectivity index (χ1v) is 8.26. The van der Waals surface area contributed by atoms with Gasteiger partial charge in [-0.15, -0.1) is 0 Å². The Kier molecular flexibility index (Phi) is 3.96. The molecule has 3 aromatic rings. The smallest absolute Gasteiger partial charge is 0.229 e. The van der Waals surface area contributed by atoms with Crippen molar-refractivity contribution in [1.82, 2.24) is 24.6 Å². The summed E-state index contributed by atoms with van der Waals surface area (Å²) in [4.78, 5) is 13.9. The van der Waals surface area contributed by atoms with Gasteiger partial charge in [0.05, 0.1) is 11.6 Å². The van der Waals surface area contributed by atoms with E-state index in [4.69, 9.17) is 9.97 Å². The van der Waals surface area contributed by atoms with Crippen molar-refractivity contribution in [3.05, 3.63) is 36.3 Å². The highest BCUT2D eigenvalue weighted by Crippen LogP contribution is 2.26. The molecule has 1 N–H and O–H groups in total. The average molecular weight is 341 g/mol. The second kappa shape index (κ2) is 6.29. The van der Waals surface area contributed by atoms with E-state index in [1.807, 2.05) is 7.05 Å². The molecule has 0 radical (unpaired) electrons. The number of piperazine rings is 1. The predicted molar refractivity (Wildman–Crippen MR) is 95.7 cm³/mol. The Morgan fingerprint density at radius 1 is 1.00 bits per heavy atom. The summed E-state index contributed by atoms with van der Waals surface area (Å²) < 4.78 is 14.9. The minimum absolute atomic E-state index is 0.266. The summed E-state index contributed by atoms with van der Waals surface area (Å²) in [7, 11) is 3.98. The lowest BCUT2D eigenvalue weighted by atomic mass is 10.3. The topological polar surface area (TPSA) is 62.1 Å². The van der Waals surface area contributed by atoms with Gasteiger partial charge in [-0.1, -0.05) is 0 Å². The molecule has 0 atom stereocenters. The van der Waals surface area contributed by atoms with Gasteiger partial charge in [-0.05, 0) is 31.3 Å². The van der Waals surface area contributed by atoms with Gasteiger partial charge in [0.2, 0.25) is 5.95 Å². The van der Waals surface area contributed by atoms with Crippen molar-refractivity contribution in [1.29, 1.82) is 0 Å². The number of benzene rings is 1. The third-order valence-corrected chi connectivity index (χ3v) is 4.47. The predicted octanol–water partition coefficient (Wildman–Crippen LogP) is 2.00. The lowest BCUT2D eigenvalue weighted by Crippen LogP contribution is -2.45. The van der Waals surface area contributed by atoms with Crippen LogP contribution in [0.15, 0.2) is 30.5 Å². The lowest BCUT2D eigenvalue weighted by molar-refractivity contribution is 0.311. The number of hydrogen-bond donors (Lipinski definition) is 1. The number of rotatable bonds is 3. The summed E-state index contributed by atoms with van der Waals surface area (Å²) in [6, 6.07) is 6.22. The first-order chi connectivity index (χ1) is 12.1. The van der Waals surface area contributed by atoms with E-state index in [-0.39, 0.29) is 5.82 Å². The molecule has 0 amide bonds. The highest BCUT2D eigenvalue weighted by molar-refractivity contribution is 5.89. The van der Waals surface area contributed by atoms with E-state index in [0.29, 0.717) is 11.8 Å². The lowest BCUT2D eigenvalue weighted by Gasteiger charge is -2.32. The molecule has 1 aliphatic heterocycles. The van der Waals surface area contributed by atoms with Crippen LogP contribution in [0.3, 0.4) is 0 Å². The molecule has 0 bridgehead atoms. The summed E-state index contributed by atoms with van der Waals surface area (Å²) in [5.41, 5.74) is 1.54. The zero-order chi connectivity index (χ0) is 17.4. The molecular weight excluding hydrogens is 321 g/mol.